The lowest BCUT2D eigenvalue weighted by molar-refractivity contribution is -0.120. The number of hydrogen-bond donors (Lipinski definition) is 1. The van der Waals surface area contributed by atoms with Crippen LogP contribution in [-0.2, 0) is 24.2 Å². The van der Waals surface area contributed by atoms with E-state index in [-0.39, 0.29) is 5.91 Å². The Labute approximate surface area is 145 Å². The second kappa shape index (κ2) is 7.84. The lowest BCUT2D eigenvalue weighted by atomic mass is 10.1. The second-order valence-corrected chi connectivity index (χ2v) is 6.55. The molecule has 0 unspecified atom stereocenters. The van der Waals surface area contributed by atoms with Gasteiger partial charge in [0.25, 0.3) is 0 Å². The SMILES string of the molecule is Cc1ccccc1CNC(=O)Cc1csc(Cc2ccccn2)n1. The minimum atomic E-state index is -0.00654. The van der Waals surface area contributed by atoms with Crippen molar-refractivity contribution in [3.63, 3.8) is 0 Å². The molecule has 0 aliphatic heterocycles. The van der Waals surface area contributed by atoms with Crippen LogP contribution in [0.15, 0.2) is 54.0 Å². The number of benzene rings is 1. The molecule has 0 atom stereocenters. The molecule has 24 heavy (non-hydrogen) atoms. The van der Waals surface area contributed by atoms with E-state index in [0.717, 1.165) is 22.0 Å². The van der Waals surface area contributed by atoms with Gasteiger partial charge < -0.3 is 5.32 Å². The fourth-order valence-corrected chi connectivity index (χ4v) is 3.21. The Bertz CT molecular complexity index is 814. The number of rotatable bonds is 6. The normalized spacial score (nSPS) is 10.5. The highest BCUT2D eigenvalue weighted by atomic mass is 32.1. The number of carbonyl (C=O) groups is 1. The third kappa shape index (κ3) is 4.49. The van der Waals surface area contributed by atoms with Crippen LogP contribution in [0.5, 0.6) is 0 Å². The van der Waals surface area contributed by atoms with E-state index in [4.69, 9.17) is 0 Å². The van der Waals surface area contributed by atoms with Crippen LogP contribution in [0.3, 0.4) is 0 Å². The largest absolute Gasteiger partial charge is 0.352 e. The second-order valence-electron chi connectivity index (χ2n) is 5.61. The average molecular weight is 337 g/mol. The van der Waals surface area contributed by atoms with Crippen LogP contribution in [0.25, 0.3) is 0 Å². The Balaban J connectivity index is 1.53. The zero-order valence-electron chi connectivity index (χ0n) is 13.5. The van der Waals surface area contributed by atoms with Crippen molar-refractivity contribution >= 4 is 17.2 Å². The molecular weight excluding hydrogens is 318 g/mol. The van der Waals surface area contributed by atoms with E-state index in [1.165, 1.54) is 5.56 Å². The summed E-state index contributed by atoms with van der Waals surface area (Å²) >= 11 is 1.57. The first-order valence-electron chi connectivity index (χ1n) is 7.85. The number of aromatic nitrogens is 2. The minimum Gasteiger partial charge on any atom is -0.352 e. The number of nitrogens with one attached hydrogen (secondary N) is 1. The molecule has 122 valence electrons. The smallest absolute Gasteiger partial charge is 0.226 e. The molecule has 4 nitrogen and oxygen atoms in total. The molecule has 0 aliphatic rings. The summed E-state index contributed by atoms with van der Waals surface area (Å²) < 4.78 is 0. The number of amides is 1. The molecule has 0 saturated carbocycles. The van der Waals surface area contributed by atoms with Gasteiger partial charge in [0.2, 0.25) is 5.91 Å². The van der Waals surface area contributed by atoms with Crippen molar-refractivity contribution in [3.05, 3.63) is 81.6 Å². The van der Waals surface area contributed by atoms with E-state index in [0.29, 0.717) is 19.4 Å². The van der Waals surface area contributed by atoms with Gasteiger partial charge in [0.05, 0.1) is 17.1 Å². The van der Waals surface area contributed by atoms with Gasteiger partial charge in [-0.25, -0.2) is 4.98 Å². The Hall–Kier alpha value is -2.53. The van der Waals surface area contributed by atoms with Gasteiger partial charge in [0.1, 0.15) is 0 Å². The van der Waals surface area contributed by atoms with E-state index in [1.807, 2.05) is 54.8 Å². The van der Waals surface area contributed by atoms with E-state index >= 15 is 0 Å². The van der Waals surface area contributed by atoms with Gasteiger partial charge in [-0.1, -0.05) is 30.3 Å². The summed E-state index contributed by atoms with van der Waals surface area (Å²) in [7, 11) is 0. The lowest BCUT2D eigenvalue weighted by Gasteiger charge is -2.07. The maximum absolute atomic E-state index is 12.1. The van der Waals surface area contributed by atoms with Crippen molar-refractivity contribution in [1.82, 2.24) is 15.3 Å². The van der Waals surface area contributed by atoms with Crippen LogP contribution >= 0.6 is 11.3 Å². The number of aryl methyl sites for hydroxylation is 1. The highest BCUT2D eigenvalue weighted by molar-refractivity contribution is 7.09. The Kier molecular flexibility index (Phi) is 5.33. The van der Waals surface area contributed by atoms with Crippen molar-refractivity contribution in [2.45, 2.75) is 26.3 Å². The molecular formula is C19H19N3OS. The topological polar surface area (TPSA) is 54.9 Å². The highest BCUT2D eigenvalue weighted by Crippen LogP contribution is 2.14. The van der Waals surface area contributed by atoms with E-state index in [9.17, 15) is 4.79 Å². The lowest BCUT2D eigenvalue weighted by Crippen LogP contribution is -2.25. The molecule has 0 fully saturated rings. The number of pyridine rings is 1. The number of nitrogens with zero attached hydrogens (tertiary/aromatic N) is 2. The van der Waals surface area contributed by atoms with Gasteiger partial charge in [-0.15, -0.1) is 11.3 Å². The molecule has 0 spiro atoms. The molecule has 3 rings (SSSR count). The van der Waals surface area contributed by atoms with Crippen molar-refractivity contribution in [3.8, 4) is 0 Å². The predicted octanol–water partition coefficient (Wildman–Crippen LogP) is 3.30. The van der Waals surface area contributed by atoms with Gasteiger partial charge >= 0.3 is 0 Å². The fourth-order valence-electron chi connectivity index (χ4n) is 2.40. The van der Waals surface area contributed by atoms with Gasteiger partial charge in [0.15, 0.2) is 0 Å². The van der Waals surface area contributed by atoms with Gasteiger partial charge in [-0.2, -0.15) is 0 Å². The van der Waals surface area contributed by atoms with E-state index in [2.05, 4.69) is 15.3 Å². The first-order valence-corrected chi connectivity index (χ1v) is 8.73. The standard InChI is InChI=1S/C19H19N3OS/c1-14-6-2-3-7-15(14)12-21-18(23)10-17-13-24-19(22-17)11-16-8-4-5-9-20-16/h2-9,13H,10-12H2,1H3,(H,21,23). The van der Waals surface area contributed by atoms with Gasteiger partial charge in [-0.3, -0.25) is 9.78 Å². The van der Waals surface area contributed by atoms with Crippen molar-refractivity contribution < 1.29 is 4.79 Å². The zero-order valence-corrected chi connectivity index (χ0v) is 14.3. The molecule has 0 bridgehead atoms. The molecule has 2 heterocycles. The summed E-state index contributed by atoms with van der Waals surface area (Å²) in [5.74, 6) is -0.00654. The van der Waals surface area contributed by atoms with Crippen LogP contribution in [0.2, 0.25) is 0 Å². The zero-order chi connectivity index (χ0) is 16.8. The van der Waals surface area contributed by atoms with E-state index < -0.39 is 0 Å². The van der Waals surface area contributed by atoms with Crippen LogP contribution in [0.1, 0.15) is 27.5 Å². The quantitative estimate of drug-likeness (QED) is 0.751. The summed E-state index contributed by atoms with van der Waals surface area (Å²) in [6, 6.07) is 13.9. The molecule has 0 aliphatic carbocycles. The summed E-state index contributed by atoms with van der Waals surface area (Å²) in [6.07, 6.45) is 2.80. The first-order chi connectivity index (χ1) is 11.7. The molecule has 0 radical (unpaired) electrons. The fraction of sp³-hybridized carbons (Fsp3) is 0.211. The third-order valence-corrected chi connectivity index (χ3v) is 4.63. The molecule has 1 N–H and O–H groups in total. The minimum absolute atomic E-state index is 0.00654. The summed E-state index contributed by atoms with van der Waals surface area (Å²) in [5, 5.41) is 5.89. The monoisotopic (exact) mass is 337 g/mol. The maximum atomic E-state index is 12.1. The van der Waals surface area contributed by atoms with Crippen LogP contribution < -0.4 is 5.32 Å². The Morgan fingerprint density at radius 1 is 1.12 bits per heavy atom. The molecule has 1 aromatic carbocycles. The number of hydrogen-bond acceptors (Lipinski definition) is 4. The third-order valence-electron chi connectivity index (χ3n) is 3.74. The molecule has 5 heteroatoms. The Morgan fingerprint density at radius 2 is 1.96 bits per heavy atom. The molecule has 2 aromatic heterocycles. The van der Waals surface area contributed by atoms with Crippen molar-refractivity contribution in [2.24, 2.45) is 0 Å². The molecule has 3 aromatic rings. The van der Waals surface area contributed by atoms with Crippen LogP contribution in [0.4, 0.5) is 0 Å². The summed E-state index contributed by atoms with van der Waals surface area (Å²) in [5.41, 5.74) is 4.12. The highest BCUT2D eigenvalue weighted by Gasteiger charge is 2.09. The number of thiazole rings is 1. The molecule has 0 saturated heterocycles. The van der Waals surface area contributed by atoms with Crippen molar-refractivity contribution in [1.29, 1.82) is 0 Å². The summed E-state index contributed by atoms with van der Waals surface area (Å²) in [6.45, 7) is 2.60. The summed E-state index contributed by atoms with van der Waals surface area (Å²) in [4.78, 5) is 20.9. The average Bonchev–Trinajstić information content (AvgIpc) is 3.02. The van der Waals surface area contributed by atoms with Crippen LogP contribution in [-0.4, -0.2) is 15.9 Å². The number of carbonyl (C=O) groups excluding carboxylic acids is 1. The van der Waals surface area contributed by atoms with Crippen molar-refractivity contribution in [2.75, 3.05) is 0 Å². The van der Waals surface area contributed by atoms with Gasteiger partial charge in [-0.05, 0) is 30.2 Å². The Morgan fingerprint density at radius 3 is 2.75 bits per heavy atom. The van der Waals surface area contributed by atoms with Crippen LogP contribution in [0, 0.1) is 6.92 Å². The molecule has 1 amide bonds. The maximum Gasteiger partial charge on any atom is 0.226 e. The van der Waals surface area contributed by atoms with E-state index in [1.54, 1.807) is 17.5 Å². The predicted molar refractivity (Wildman–Crippen MR) is 95.9 cm³/mol. The van der Waals surface area contributed by atoms with Gasteiger partial charge in [0, 0.05) is 30.2 Å². The first kappa shape index (κ1) is 16.3.